The maximum absolute atomic E-state index is 13.1. The number of thioether (sulfide) groups is 1. The summed E-state index contributed by atoms with van der Waals surface area (Å²) in [6.45, 7) is 5.05. The predicted octanol–water partition coefficient (Wildman–Crippen LogP) is 4.80. The number of aryl methyl sites for hydroxylation is 2. The van der Waals surface area contributed by atoms with Gasteiger partial charge in [0.05, 0.1) is 24.2 Å². The smallest absolute Gasteiger partial charge is 0.233 e. The molecule has 0 atom stereocenters. The molecule has 2 aromatic carbocycles. The van der Waals surface area contributed by atoms with E-state index in [9.17, 15) is 4.79 Å². The molecule has 0 aliphatic carbocycles. The molecule has 2 aromatic heterocycles. The van der Waals surface area contributed by atoms with Crippen LogP contribution in [0.4, 0.5) is 0 Å². The van der Waals surface area contributed by atoms with Crippen molar-refractivity contribution in [3.8, 4) is 5.69 Å². The molecule has 0 N–H and O–H groups in total. The van der Waals surface area contributed by atoms with Crippen LogP contribution >= 0.6 is 11.8 Å². The van der Waals surface area contributed by atoms with Gasteiger partial charge in [-0.1, -0.05) is 54.2 Å². The van der Waals surface area contributed by atoms with E-state index in [0.717, 1.165) is 28.1 Å². The van der Waals surface area contributed by atoms with Crippen LogP contribution in [-0.2, 0) is 17.9 Å². The number of benzene rings is 2. The molecule has 0 saturated heterocycles. The average molecular weight is 433 g/mol. The highest BCUT2D eigenvalue weighted by atomic mass is 32.2. The number of nitrogens with zero attached hydrogens (tertiary/aromatic N) is 4. The zero-order valence-electron chi connectivity index (χ0n) is 17.6. The van der Waals surface area contributed by atoms with E-state index >= 15 is 0 Å². The molecular formula is C24H24N4O2S. The van der Waals surface area contributed by atoms with Crippen molar-refractivity contribution in [3.63, 3.8) is 0 Å². The Balaban J connectivity index is 1.49. The van der Waals surface area contributed by atoms with E-state index in [4.69, 9.17) is 4.42 Å². The van der Waals surface area contributed by atoms with Gasteiger partial charge in [0.15, 0.2) is 5.16 Å². The fraction of sp³-hybridized carbons (Fsp3) is 0.208. The fourth-order valence-electron chi connectivity index (χ4n) is 3.31. The summed E-state index contributed by atoms with van der Waals surface area (Å²) in [7, 11) is 0. The summed E-state index contributed by atoms with van der Waals surface area (Å²) in [6, 6.07) is 19.9. The van der Waals surface area contributed by atoms with E-state index in [1.807, 2.05) is 47.0 Å². The van der Waals surface area contributed by atoms with Crippen LogP contribution in [0.15, 0.2) is 82.8 Å². The van der Waals surface area contributed by atoms with Crippen molar-refractivity contribution in [2.75, 3.05) is 5.75 Å². The summed E-state index contributed by atoms with van der Waals surface area (Å²) in [6.07, 6.45) is 3.32. The topological polar surface area (TPSA) is 64.2 Å². The van der Waals surface area contributed by atoms with Crippen LogP contribution in [0.1, 0.15) is 22.5 Å². The summed E-state index contributed by atoms with van der Waals surface area (Å²) in [4.78, 5) is 14.9. The summed E-state index contributed by atoms with van der Waals surface area (Å²) < 4.78 is 7.42. The molecule has 0 spiro atoms. The van der Waals surface area contributed by atoms with Crippen LogP contribution in [0, 0.1) is 13.8 Å². The molecule has 0 unspecified atom stereocenters. The van der Waals surface area contributed by atoms with Crippen molar-refractivity contribution >= 4 is 17.7 Å². The number of carbonyl (C=O) groups excluding carboxylic acids is 1. The average Bonchev–Trinajstić information content (AvgIpc) is 3.46. The lowest BCUT2D eigenvalue weighted by Crippen LogP contribution is -2.31. The standard InChI is InChI=1S/C24H24N4O2S/c1-18-10-11-19(2)22(13-18)28-17-25-26-24(28)31-16-23(29)27(15-21-9-6-12-30-21)14-20-7-4-3-5-8-20/h3-13,17H,14-16H2,1-2H3. The molecule has 158 valence electrons. The highest BCUT2D eigenvalue weighted by Crippen LogP contribution is 2.23. The van der Waals surface area contributed by atoms with Crippen molar-refractivity contribution in [1.29, 1.82) is 0 Å². The third-order valence-corrected chi connectivity index (χ3v) is 5.89. The minimum Gasteiger partial charge on any atom is -0.467 e. The number of furan rings is 1. The summed E-state index contributed by atoms with van der Waals surface area (Å²) in [5.41, 5.74) is 4.39. The Morgan fingerprint density at radius 1 is 1.06 bits per heavy atom. The van der Waals surface area contributed by atoms with Crippen molar-refractivity contribution in [3.05, 3.63) is 95.7 Å². The molecule has 2 heterocycles. The van der Waals surface area contributed by atoms with Gasteiger partial charge in [0.1, 0.15) is 12.1 Å². The van der Waals surface area contributed by atoms with Crippen molar-refractivity contribution in [2.24, 2.45) is 0 Å². The lowest BCUT2D eigenvalue weighted by molar-refractivity contribution is -0.129. The maximum atomic E-state index is 13.1. The molecule has 4 rings (SSSR count). The molecule has 4 aromatic rings. The second-order valence-corrected chi connectivity index (χ2v) is 8.32. The molecule has 0 saturated carbocycles. The molecule has 7 heteroatoms. The Bertz CT molecular complexity index is 1140. The highest BCUT2D eigenvalue weighted by Gasteiger charge is 2.18. The Morgan fingerprint density at radius 3 is 2.68 bits per heavy atom. The van der Waals surface area contributed by atoms with Crippen molar-refractivity contribution in [1.82, 2.24) is 19.7 Å². The third-order valence-electron chi connectivity index (χ3n) is 4.96. The van der Waals surface area contributed by atoms with Gasteiger partial charge in [-0.15, -0.1) is 10.2 Å². The quantitative estimate of drug-likeness (QED) is 0.374. The molecule has 31 heavy (non-hydrogen) atoms. The van der Waals surface area contributed by atoms with Crippen LogP contribution in [0.2, 0.25) is 0 Å². The van der Waals surface area contributed by atoms with E-state index in [-0.39, 0.29) is 11.7 Å². The first-order valence-corrected chi connectivity index (χ1v) is 11.0. The Morgan fingerprint density at radius 2 is 1.90 bits per heavy atom. The number of carbonyl (C=O) groups is 1. The van der Waals surface area contributed by atoms with E-state index in [0.29, 0.717) is 18.2 Å². The van der Waals surface area contributed by atoms with Gasteiger partial charge in [0, 0.05) is 6.54 Å². The Labute approximate surface area is 185 Å². The first-order valence-electron chi connectivity index (χ1n) is 10.0. The molecule has 1 amide bonds. The van der Waals surface area contributed by atoms with Crippen LogP contribution < -0.4 is 0 Å². The molecule has 0 fully saturated rings. The predicted molar refractivity (Wildman–Crippen MR) is 121 cm³/mol. The van der Waals surface area contributed by atoms with Gasteiger partial charge in [-0.05, 0) is 48.7 Å². The van der Waals surface area contributed by atoms with Crippen LogP contribution in [0.25, 0.3) is 5.69 Å². The minimum absolute atomic E-state index is 0.0146. The normalized spacial score (nSPS) is 10.9. The molecule has 0 aliphatic rings. The maximum Gasteiger partial charge on any atom is 0.233 e. The van der Waals surface area contributed by atoms with E-state index in [1.54, 1.807) is 17.5 Å². The number of aromatic nitrogens is 3. The SMILES string of the molecule is Cc1ccc(C)c(-n2cnnc2SCC(=O)N(Cc2ccccc2)Cc2ccco2)c1. The summed E-state index contributed by atoms with van der Waals surface area (Å²) >= 11 is 1.39. The molecular weight excluding hydrogens is 408 g/mol. The van der Waals surface area contributed by atoms with Crippen LogP contribution in [0.3, 0.4) is 0 Å². The molecule has 0 bridgehead atoms. The molecule has 0 radical (unpaired) electrons. The van der Waals surface area contributed by atoms with E-state index < -0.39 is 0 Å². The molecule has 6 nitrogen and oxygen atoms in total. The fourth-order valence-corrected chi connectivity index (χ4v) is 4.14. The number of hydrogen-bond donors (Lipinski definition) is 0. The third kappa shape index (κ3) is 5.24. The van der Waals surface area contributed by atoms with Crippen LogP contribution in [-0.4, -0.2) is 31.3 Å². The number of rotatable bonds is 8. The zero-order chi connectivity index (χ0) is 21.6. The monoisotopic (exact) mass is 432 g/mol. The minimum atomic E-state index is 0.0146. The van der Waals surface area contributed by atoms with Crippen LogP contribution in [0.5, 0.6) is 0 Å². The van der Waals surface area contributed by atoms with E-state index in [2.05, 4.69) is 42.2 Å². The Hall–Kier alpha value is -3.32. The second kappa shape index (κ2) is 9.66. The van der Waals surface area contributed by atoms with Gasteiger partial charge in [0.2, 0.25) is 5.91 Å². The first kappa shape index (κ1) is 20.9. The molecule has 0 aliphatic heterocycles. The van der Waals surface area contributed by atoms with Gasteiger partial charge in [-0.25, -0.2) is 0 Å². The highest BCUT2D eigenvalue weighted by molar-refractivity contribution is 7.99. The van der Waals surface area contributed by atoms with Gasteiger partial charge in [-0.2, -0.15) is 0 Å². The lowest BCUT2D eigenvalue weighted by atomic mass is 10.1. The Kier molecular flexibility index (Phi) is 6.52. The van der Waals surface area contributed by atoms with Crippen molar-refractivity contribution in [2.45, 2.75) is 32.1 Å². The summed E-state index contributed by atoms with van der Waals surface area (Å²) in [5, 5.41) is 9.01. The zero-order valence-corrected chi connectivity index (χ0v) is 18.4. The first-order chi connectivity index (χ1) is 15.1. The summed E-state index contributed by atoms with van der Waals surface area (Å²) in [5.74, 6) is 1.03. The van der Waals surface area contributed by atoms with Gasteiger partial charge in [-0.3, -0.25) is 9.36 Å². The lowest BCUT2D eigenvalue weighted by Gasteiger charge is -2.22. The van der Waals surface area contributed by atoms with Gasteiger partial charge in [0.25, 0.3) is 0 Å². The second-order valence-electron chi connectivity index (χ2n) is 7.38. The largest absolute Gasteiger partial charge is 0.467 e. The number of amides is 1. The van der Waals surface area contributed by atoms with Crippen molar-refractivity contribution < 1.29 is 9.21 Å². The van der Waals surface area contributed by atoms with Gasteiger partial charge < -0.3 is 9.32 Å². The number of hydrogen-bond acceptors (Lipinski definition) is 5. The van der Waals surface area contributed by atoms with E-state index in [1.165, 1.54) is 11.8 Å². The van der Waals surface area contributed by atoms with Gasteiger partial charge >= 0.3 is 0 Å².